The first-order valence-electron chi connectivity index (χ1n) is 13.0. The third-order valence-corrected chi connectivity index (χ3v) is 7.37. The fourth-order valence-electron chi connectivity index (χ4n) is 5.16. The molecule has 1 amide bonds. The van der Waals surface area contributed by atoms with E-state index >= 15 is 0 Å². The highest BCUT2D eigenvalue weighted by Gasteiger charge is 2.31. The number of nitrogens with zero attached hydrogens (tertiary/aromatic N) is 5. The summed E-state index contributed by atoms with van der Waals surface area (Å²) in [4.78, 5) is 28.4. The average molecular weight is 552 g/mol. The Morgan fingerprint density at radius 3 is 2.59 bits per heavy atom. The zero-order valence-electron chi connectivity index (χ0n) is 23.3. The molecular weight excluding hydrogens is 517 g/mol. The van der Waals surface area contributed by atoms with Gasteiger partial charge in [0.15, 0.2) is 5.82 Å². The number of aromatic nitrogens is 1. The van der Waals surface area contributed by atoms with E-state index in [1.54, 1.807) is 38.4 Å². The fraction of sp³-hybridized carbons (Fsp3) is 0.367. The summed E-state index contributed by atoms with van der Waals surface area (Å²) in [6.07, 6.45) is 0.718. The molecular formula is C30H35ClFN5O2. The summed E-state index contributed by atoms with van der Waals surface area (Å²) in [6.45, 7) is 8.68. The van der Waals surface area contributed by atoms with Crippen LogP contribution in [0.5, 0.6) is 5.75 Å². The lowest BCUT2D eigenvalue weighted by Crippen LogP contribution is -2.53. The molecule has 1 unspecified atom stereocenters. The summed E-state index contributed by atoms with van der Waals surface area (Å²) in [7, 11) is 5.38. The summed E-state index contributed by atoms with van der Waals surface area (Å²) in [5.74, 6) is 1.10. The molecule has 0 bridgehead atoms. The monoisotopic (exact) mass is 551 g/mol. The number of pyridine rings is 1. The molecule has 0 N–H and O–H groups in total. The van der Waals surface area contributed by atoms with Gasteiger partial charge in [-0.1, -0.05) is 49.7 Å². The Morgan fingerprint density at radius 2 is 1.97 bits per heavy atom. The van der Waals surface area contributed by atoms with Crippen molar-refractivity contribution >= 4 is 35.4 Å². The van der Waals surface area contributed by atoms with Gasteiger partial charge in [0.2, 0.25) is 6.41 Å². The van der Waals surface area contributed by atoms with E-state index < -0.39 is 5.82 Å². The maximum atomic E-state index is 14.9. The Labute approximate surface area is 234 Å². The van der Waals surface area contributed by atoms with E-state index in [0.717, 1.165) is 31.6 Å². The quantitative estimate of drug-likeness (QED) is 0.205. The molecule has 0 spiro atoms. The zero-order chi connectivity index (χ0) is 28.3. The number of anilines is 2. The van der Waals surface area contributed by atoms with Crippen molar-refractivity contribution in [3.05, 3.63) is 70.5 Å². The molecule has 2 heterocycles. The van der Waals surface area contributed by atoms with Crippen LogP contribution in [0.3, 0.4) is 0 Å². The van der Waals surface area contributed by atoms with E-state index in [1.807, 2.05) is 32.0 Å². The van der Waals surface area contributed by atoms with Gasteiger partial charge in [0.05, 0.1) is 29.1 Å². The minimum atomic E-state index is -0.458. The molecule has 2 aromatic carbocycles. The molecule has 0 aliphatic carbocycles. The van der Waals surface area contributed by atoms with Gasteiger partial charge in [-0.25, -0.2) is 9.37 Å². The van der Waals surface area contributed by atoms with Crippen molar-refractivity contribution in [1.82, 2.24) is 14.8 Å². The van der Waals surface area contributed by atoms with E-state index in [2.05, 4.69) is 28.8 Å². The predicted molar refractivity (Wildman–Crippen MR) is 156 cm³/mol. The topological polar surface area (TPSA) is 61.3 Å². The lowest BCUT2D eigenvalue weighted by molar-refractivity contribution is -0.106. The van der Waals surface area contributed by atoms with Crippen LogP contribution < -0.4 is 9.64 Å². The third-order valence-electron chi connectivity index (χ3n) is 7.09. The van der Waals surface area contributed by atoms with Gasteiger partial charge < -0.3 is 14.5 Å². The maximum absolute atomic E-state index is 14.9. The number of piperazine rings is 1. The number of carbonyl (C=O) groups is 1. The van der Waals surface area contributed by atoms with Gasteiger partial charge in [0.1, 0.15) is 17.4 Å². The highest BCUT2D eigenvalue weighted by atomic mass is 35.5. The highest BCUT2D eigenvalue weighted by Crippen LogP contribution is 2.42. The van der Waals surface area contributed by atoms with Crippen LogP contribution in [0.2, 0.25) is 5.02 Å². The number of hydrogen-bond acceptors (Lipinski definition) is 5. The molecule has 1 saturated heterocycles. The number of methoxy groups -OCH3 is 1. The highest BCUT2D eigenvalue weighted by molar-refractivity contribution is 6.33. The number of likely N-dealkylation sites (N-methyl/N-ethyl adjacent to an activating group) is 1. The van der Waals surface area contributed by atoms with Crippen molar-refractivity contribution in [3.63, 3.8) is 0 Å². The molecule has 9 heteroatoms. The number of halogens is 2. The second-order valence-corrected chi connectivity index (χ2v) is 10.5. The summed E-state index contributed by atoms with van der Waals surface area (Å²) >= 11 is 6.80. The SMILES string of the molecule is C/N=C(\c1cc(Cl)c(-c2ccccc2F)nc1N(C=O)c1c(OC)cccc1C(C)C)N1CCN(C)CC1C. The van der Waals surface area contributed by atoms with Gasteiger partial charge in [0, 0.05) is 38.3 Å². The minimum absolute atomic E-state index is 0.0799. The number of benzene rings is 2. The summed E-state index contributed by atoms with van der Waals surface area (Å²) in [5, 5.41) is 0.261. The Kier molecular flexibility index (Phi) is 8.87. The summed E-state index contributed by atoms with van der Waals surface area (Å²) < 4.78 is 20.7. The standard InChI is InChI=1S/C30H35ClFN5O2/c1-19(2)21-11-9-13-26(39-6)28(21)37(18-38)30-23(29(33-4)36-15-14-35(5)17-20(36)3)16-24(31)27(34-30)22-10-7-8-12-25(22)32/h7-13,16,18-20H,14-15,17H2,1-6H3/b33-29+. The van der Waals surface area contributed by atoms with Gasteiger partial charge in [0.25, 0.3) is 0 Å². The van der Waals surface area contributed by atoms with E-state index in [4.69, 9.17) is 21.3 Å². The van der Waals surface area contributed by atoms with Crippen LogP contribution in [0, 0.1) is 5.82 Å². The molecule has 1 atom stereocenters. The molecule has 39 heavy (non-hydrogen) atoms. The van der Waals surface area contributed by atoms with Crippen molar-refractivity contribution in [2.75, 3.05) is 45.7 Å². The van der Waals surface area contributed by atoms with E-state index in [0.29, 0.717) is 28.7 Å². The summed E-state index contributed by atoms with van der Waals surface area (Å²) in [6, 6.07) is 13.9. The first-order chi connectivity index (χ1) is 18.7. The smallest absolute Gasteiger partial charge is 0.220 e. The molecule has 3 aromatic rings. The molecule has 0 saturated carbocycles. The number of rotatable bonds is 7. The number of carbonyl (C=O) groups excluding carboxylic acids is 1. The molecule has 1 aliphatic heterocycles. The van der Waals surface area contributed by atoms with Crippen LogP contribution in [0.15, 0.2) is 53.5 Å². The van der Waals surface area contributed by atoms with Gasteiger partial charge in [-0.3, -0.25) is 14.7 Å². The number of aliphatic imine (C=N–C) groups is 1. The lowest BCUT2D eigenvalue weighted by atomic mass is 9.99. The predicted octanol–water partition coefficient (Wildman–Crippen LogP) is 5.98. The number of amides is 1. The Balaban J connectivity index is 2.02. The van der Waals surface area contributed by atoms with Crippen LogP contribution in [-0.2, 0) is 4.79 Å². The molecule has 1 fully saturated rings. The zero-order valence-corrected chi connectivity index (χ0v) is 24.0. The summed E-state index contributed by atoms with van der Waals surface area (Å²) in [5.41, 5.74) is 2.53. The van der Waals surface area contributed by atoms with Crippen LogP contribution in [0.25, 0.3) is 11.3 Å². The Morgan fingerprint density at radius 1 is 1.23 bits per heavy atom. The Hall–Kier alpha value is -3.49. The van der Waals surface area contributed by atoms with E-state index in [1.165, 1.54) is 11.0 Å². The Bertz CT molecular complexity index is 1380. The second-order valence-electron chi connectivity index (χ2n) is 10.0. The molecule has 206 valence electrons. The van der Waals surface area contributed by atoms with Crippen molar-refractivity contribution in [1.29, 1.82) is 0 Å². The van der Waals surface area contributed by atoms with Crippen molar-refractivity contribution in [2.24, 2.45) is 4.99 Å². The number of ether oxygens (including phenoxy) is 1. The van der Waals surface area contributed by atoms with E-state index in [-0.39, 0.29) is 28.2 Å². The van der Waals surface area contributed by atoms with Crippen LogP contribution in [0.4, 0.5) is 15.9 Å². The van der Waals surface area contributed by atoms with Gasteiger partial charge in [-0.05, 0) is 49.7 Å². The average Bonchev–Trinajstić information content (AvgIpc) is 2.92. The molecule has 1 aromatic heterocycles. The van der Waals surface area contributed by atoms with Gasteiger partial charge in [-0.2, -0.15) is 0 Å². The van der Waals surface area contributed by atoms with Crippen LogP contribution in [-0.4, -0.2) is 73.9 Å². The van der Waals surface area contributed by atoms with Crippen LogP contribution >= 0.6 is 11.6 Å². The normalized spacial score (nSPS) is 16.5. The van der Waals surface area contributed by atoms with Gasteiger partial charge >= 0.3 is 0 Å². The minimum Gasteiger partial charge on any atom is -0.495 e. The van der Waals surface area contributed by atoms with Crippen molar-refractivity contribution in [3.8, 4) is 17.0 Å². The maximum Gasteiger partial charge on any atom is 0.220 e. The first kappa shape index (κ1) is 28.5. The largest absolute Gasteiger partial charge is 0.495 e. The van der Waals surface area contributed by atoms with Crippen LogP contribution in [0.1, 0.15) is 37.8 Å². The van der Waals surface area contributed by atoms with Crippen molar-refractivity contribution < 1.29 is 13.9 Å². The lowest BCUT2D eigenvalue weighted by Gasteiger charge is -2.40. The molecule has 1 aliphatic rings. The third kappa shape index (κ3) is 5.63. The number of amidine groups is 1. The van der Waals surface area contributed by atoms with Gasteiger partial charge in [-0.15, -0.1) is 0 Å². The number of para-hydroxylation sites is 1. The fourth-order valence-corrected chi connectivity index (χ4v) is 5.42. The van der Waals surface area contributed by atoms with E-state index in [9.17, 15) is 9.18 Å². The first-order valence-corrected chi connectivity index (χ1v) is 13.4. The van der Waals surface area contributed by atoms with Crippen molar-refractivity contribution in [2.45, 2.75) is 32.7 Å². The number of hydrogen-bond donors (Lipinski definition) is 0. The molecule has 0 radical (unpaired) electrons. The second kappa shape index (κ2) is 12.1. The molecule has 7 nitrogen and oxygen atoms in total. The molecule has 4 rings (SSSR count).